The van der Waals surface area contributed by atoms with E-state index < -0.39 is 0 Å². The van der Waals surface area contributed by atoms with Crippen LogP contribution in [0.2, 0.25) is 0 Å². The molecule has 84 valence electrons. The van der Waals surface area contributed by atoms with Gasteiger partial charge in [-0.15, -0.1) is 21.8 Å². The van der Waals surface area contributed by atoms with Crippen LogP contribution >= 0.6 is 27.5 Å². The van der Waals surface area contributed by atoms with Crippen molar-refractivity contribution in [3.63, 3.8) is 0 Å². The zero-order chi connectivity index (χ0) is 11.7. The van der Waals surface area contributed by atoms with Crippen molar-refractivity contribution in [3.8, 4) is 11.4 Å². The quantitative estimate of drug-likeness (QED) is 0.797. The lowest BCUT2D eigenvalue weighted by atomic mass is 10.1. The summed E-state index contributed by atoms with van der Waals surface area (Å²) in [6.07, 6.45) is 0. The molecule has 1 aromatic carbocycles. The van der Waals surface area contributed by atoms with E-state index in [-0.39, 0.29) is 0 Å². The molecule has 0 aliphatic carbocycles. The lowest BCUT2D eigenvalue weighted by molar-refractivity contribution is 0.853. The predicted molar refractivity (Wildman–Crippen MR) is 68.4 cm³/mol. The molecule has 1 heterocycles. The Morgan fingerprint density at radius 2 is 2.12 bits per heavy atom. The Morgan fingerprint density at radius 1 is 1.38 bits per heavy atom. The maximum atomic E-state index is 5.77. The molecule has 0 aliphatic rings. The summed E-state index contributed by atoms with van der Waals surface area (Å²) in [4.78, 5) is 0. The maximum Gasteiger partial charge on any atom is 0.164 e. The van der Waals surface area contributed by atoms with Gasteiger partial charge in [-0.25, -0.2) is 0 Å². The van der Waals surface area contributed by atoms with Crippen molar-refractivity contribution in [3.05, 3.63) is 34.1 Å². The molecule has 0 N–H and O–H groups in total. The van der Waals surface area contributed by atoms with Crippen LogP contribution in [-0.2, 0) is 12.9 Å². The molecular formula is C11H11BrClN3. The molecule has 0 amide bonds. The van der Waals surface area contributed by atoms with Crippen LogP contribution in [0.25, 0.3) is 11.4 Å². The first kappa shape index (κ1) is 11.6. The van der Waals surface area contributed by atoms with Gasteiger partial charge in [0.2, 0.25) is 0 Å². The Balaban J connectivity index is 2.58. The van der Waals surface area contributed by atoms with Crippen molar-refractivity contribution in [2.45, 2.75) is 12.8 Å². The second-order valence-electron chi connectivity index (χ2n) is 3.62. The van der Waals surface area contributed by atoms with Gasteiger partial charge >= 0.3 is 0 Å². The number of nitrogens with zero attached hydrogens (tertiary/aromatic N) is 3. The minimum atomic E-state index is 0.368. The lowest BCUT2D eigenvalue weighted by Gasteiger charge is -2.05. The topological polar surface area (TPSA) is 30.7 Å². The first-order valence-corrected chi connectivity index (χ1v) is 6.17. The average Bonchev–Trinajstić information content (AvgIpc) is 2.63. The maximum absolute atomic E-state index is 5.77. The van der Waals surface area contributed by atoms with E-state index >= 15 is 0 Å². The van der Waals surface area contributed by atoms with Gasteiger partial charge in [-0.1, -0.05) is 27.6 Å². The number of alkyl halides is 1. The Bertz CT molecular complexity index is 522. The molecule has 2 rings (SSSR count). The molecule has 2 aromatic rings. The van der Waals surface area contributed by atoms with Crippen molar-refractivity contribution in [2.75, 3.05) is 0 Å². The number of hydrogen-bond donors (Lipinski definition) is 0. The van der Waals surface area contributed by atoms with E-state index in [0.717, 1.165) is 21.7 Å². The molecule has 16 heavy (non-hydrogen) atoms. The van der Waals surface area contributed by atoms with E-state index in [1.807, 2.05) is 23.7 Å². The van der Waals surface area contributed by atoms with Gasteiger partial charge in [0.1, 0.15) is 5.82 Å². The van der Waals surface area contributed by atoms with E-state index in [1.165, 1.54) is 5.56 Å². The molecular weight excluding hydrogens is 289 g/mol. The fourth-order valence-corrected chi connectivity index (χ4v) is 2.18. The molecule has 0 aliphatic heterocycles. The van der Waals surface area contributed by atoms with Crippen molar-refractivity contribution in [2.24, 2.45) is 7.05 Å². The van der Waals surface area contributed by atoms with E-state index in [2.05, 4.69) is 39.1 Å². The van der Waals surface area contributed by atoms with E-state index in [1.54, 1.807) is 0 Å². The van der Waals surface area contributed by atoms with Gasteiger partial charge in [-0.05, 0) is 19.1 Å². The molecule has 1 aromatic heterocycles. The molecule has 0 spiro atoms. The summed E-state index contributed by atoms with van der Waals surface area (Å²) in [7, 11) is 1.92. The SMILES string of the molecule is Cc1ccc(Br)c(-c2nnc(CCl)n2C)c1. The highest BCUT2D eigenvalue weighted by molar-refractivity contribution is 9.10. The van der Waals surface area contributed by atoms with E-state index in [0.29, 0.717) is 5.88 Å². The molecule has 0 bridgehead atoms. The molecule has 0 fully saturated rings. The van der Waals surface area contributed by atoms with Gasteiger partial charge in [0.05, 0.1) is 5.88 Å². The van der Waals surface area contributed by atoms with Gasteiger partial charge in [0, 0.05) is 17.1 Å². The summed E-state index contributed by atoms with van der Waals surface area (Å²) in [5.74, 6) is 1.96. The zero-order valence-corrected chi connectivity index (χ0v) is 11.4. The van der Waals surface area contributed by atoms with Crippen LogP contribution in [0.3, 0.4) is 0 Å². The Hall–Kier alpha value is -0.870. The van der Waals surface area contributed by atoms with Gasteiger partial charge in [-0.2, -0.15) is 0 Å². The fraction of sp³-hybridized carbons (Fsp3) is 0.273. The number of hydrogen-bond acceptors (Lipinski definition) is 2. The molecule has 0 radical (unpaired) electrons. The second kappa shape index (κ2) is 4.55. The third kappa shape index (κ3) is 1.99. The number of aryl methyl sites for hydroxylation is 1. The standard InChI is InChI=1S/C11H11BrClN3/c1-7-3-4-9(12)8(5-7)11-15-14-10(6-13)16(11)2/h3-5H,6H2,1-2H3. The van der Waals surface area contributed by atoms with Crippen LogP contribution in [0.4, 0.5) is 0 Å². The number of rotatable bonds is 2. The smallest absolute Gasteiger partial charge is 0.164 e. The van der Waals surface area contributed by atoms with Gasteiger partial charge < -0.3 is 4.57 Å². The molecule has 0 saturated heterocycles. The largest absolute Gasteiger partial charge is 0.313 e. The van der Waals surface area contributed by atoms with Crippen molar-refractivity contribution >= 4 is 27.5 Å². The summed E-state index contributed by atoms with van der Waals surface area (Å²) in [5.41, 5.74) is 2.22. The van der Waals surface area contributed by atoms with Gasteiger partial charge in [0.25, 0.3) is 0 Å². The molecule has 0 atom stereocenters. The van der Waals surface area contributed by atoms with Crippen LogP contribution in [-0.4, -0.2) is 14.8 Å². The lowest BCUT2D eigenvalue weighted by Crippen LogP contribution is -1.97. The number of halogens is 2. The summed E-state index contributed by atoms with van der Waals surface area (Å²) in [6.45, 7) is 2.05. The predicted octanol–water partition coefficient (Wildman–Crippen LogP) is 3.29. The van der Waals surface area contributed by atoms with Gasteiger partial charge in [-0.3, -0.25) is 0 Å². The third-order valence-electron chi connectivity index (χ3n) is 2.45. The minimum Gasteiger partial charge on any atom is -0.313 e. The van der Waals surface area contributed by atoms with Crippen LogP contribution in [0.1, 0.15) is 11.4 Å². The highest BCUT2D eigenvalue weighted by Gasteiger charge is 2.12. The summed E-state index contributed by atoms with van der Waals surface area (Å²) in [5, 5.41) is 8.20. The monoisotopic (exact) mass is 299 g/mol. The molecule has 5 heteroatoms. The normalized spacial score (nSPS) is 10.8. The van der Waals surface area contributed by atoms with Crippen LogP contribution in [0.15, 0.2) is 22.7 Å². The summed E-state index contributed by atoms with van der Waals surface area (Å²) in [6, 6.07) is 6.14. The Labute approximate surface area is 108 Å². The highest BCUT2D eigenvalue weighted by Crippen LogP contribution is 2.27. The minimum absolute atomic E-state index is 0.368. The van der Waals surface area contributed by atoms with Crippen LogP contribution in [0, 0.1) is 6.92 Å². The average molecular weight is 301 g/mol. The number of aromatic nitrogens is 3. The molecule has 0 unspecified atom stereocenters. The fourth-order valence-electron chi connectivity index (χ4n) is 1.52. The molecule has 0 saturated carbocycles. The number of benzene rings is 1. The van der Waals surface area contributed by atoms with Crippen LogP contribution in [0.5, 0.6) is 0 Å². The second-order valence-corrected chi connectivity index (χ2v) is 4.74. The van der Waals surface area contributed by atoms with Crippen molar-refractivity contribution in [1.82, 2.24) is 14.8 Å². The Kier molecular flexibility index (Phi) is 3.30. The third-order valence-corrected chi connectivity index (χ3v) is 3.38. The first-order chi connectivity index (χ1) is 7.63. The van der Waals surface area contributed by atoms with E-state index in [4.69, 9.17) is 11.6 Å². The summed E-state index contributed by atoms with van der Waals surface area (Å²) >= 11 is 9.29. The van der Waals surface area contributed by atoms with Gasteiger partial charge in [0.15, 0.2) is 5.82 Å². The first-order valence-electron chi connectivity index (χ1n) is 4.84. The van der Waals surface area contributed by atoms with Crippen molar-refractivity contribution in [1.29, 1.82) is 0 Å². The van der Waals surface area contributed by atoms with E-state index in [9.17, 15) is 0 Å². The molecule has 3 nitrogen and oxygen atoms in total. The zero-order valence-electron chi connectivity index (χ0n) is 9.04. The van der Waals surface area contributed by atoms with Crippen LogP contribution < -0.4 is 0 Å². The Morgan fingerprint density at radius 3 is 2.75 bits per heavy atom. The summed E-state index contributed by atoms with van der Waals surface area (Å²) < 4.78 is 2.92. The highest BCUT2D eigenvalue weighted by atomic mass is 79.9. The van der Waals surface area contributed by atoms with Crippen molar-refractivity contribution < 1.29 is 0 Å².